The first kappa shape index (κ1) is 21.3. The van der Waals surface area contributed by atoms with Gasteiger partial charge in [-0.15, -0.1) is 12.4 Å². The highest BCUT2D eigenvalue weighted by Crippen LogP contribution is 2.21. The fourth-order valence-corrected chi connectivity index (χ4v) is 2.70. The van der Waals surface area contributed by atoms with E-state index in [1.807, 2.05) is 0 Å². The number of nitrogens with one attached hydrogen (secondary N) is 3. The third kappa shape index (κ3) is 6.22. The number of hydrogen-bond donors (Lipinski definition) is 4. The van der Waals surface area contributed by atoms with Crippen molar-refractivity contribution < 1.29 is 23.5 Å². The maximum Gasteiger partial charge on any atom is 0.222 e. The van der Waals surface area contributed by atoms with Gasteiger partial charge >= 0.3 is 0 Å². The van der Waals surface area contributed by atoms with Crippen LogP contribution < -0.4 is 16.0 Å². The lowest BCUT2D eigenvalue weighted by molar-refractivity contribution is -0.123. The standard InChI is InChI=1S/C16H21F2N3O3.ClH/c1-9(22)21-14(12-3-2-11(17)4-13(12)18)5-16(24)20-7-10-6-19-8-15(10)23;/h2-4,10,14-15,19,23H,5-8H2,1H3,(H,20,24)(H,21,22);1H. The van der Waals surface area contributed by atoms with Gasteiger partial charge in [0.25, 0.3) is 0 Å². The van der Waals surface area contributed by atoms with Crippen molar-refractivity contribution in [3.63, 3.8) is 0 Å². The molecular weight excluding hydrogens is 356 g/mol. The molecule has 1 aliphatic heterocycles. The van der Waals surface area contributed by atoms with Gasteiger partial charge in [-0.05, 0) is 6.07 Å². The summed E-state index contributed by atoms with van der Waals surface area (Å²) in [6.45, 7) is 2.62. The minimum atomic E-state index is -0.894. The number of aliphatic hydroxyl groups is 1. The summed E-state index contributed by atoms with van der Waals surface area (Å²) in [5, 5.41) is 17.9. The molecule has 2 rings (SSSR count). The lowest BCUT2D eigenvalue weighted by Gasteiger charge is -2.20. The van der Waals surface area contributed by atoms with Crippen molar-refractivity contribution >= 4 is 24.2 Å². The van der Waals surface area contributed by atoms with E-state index in [0.717, 1.165) is 6.07 Å². The van der Waals surface area contributed by atoms with E-state index >= 15 is 0 Å². The lowest BCUT2D eigenvalue weighted by Crippen LogP contribution is -2.37. The fraction of sp³-hybridized carbons (Fsp3) is 0.500. The van der Waals surface area contributed by atoms with Gasteiger partial charge < -0.3 is 21.1 Å². The van der Waals surface area contributed by atoms with Crippen LogP contribution in [0.1, 0.15) is 24.9 Å². The molecule has 2 amide bonds. The summed E-state index contributed by atoms with van der Waals surface area (Å²) in [6.07, 6.45) is -0.704. The van der Waals surface area contributed by atoms with E-state index in [1.54, 1.807) is 0 Å². The first-order chi connectivity index (χ1) is 11.4. The van der Waals surface area contributed by atoms with Crippen LogP contribution in [0, 0.1) is 17.6 Å². The molecule has 6 nitrogen and oxygen atoms in total. The Morgan fingerprint density at radius 2 is 2.08 bits per heavy atom. The largest absolute Gasteiger partial charge is 0.391 e. The van der Waals surface area contributed by atoms with Gasteiger partial charge in [-0.2, -0.15) is 0 Å². The first-order valence-corrected chi connectivity index (χ1v) is 7.74. The molecule has 1 fully saturated rings. The summed E-state index contributed by atoms with van der Waals surface area (Å²) in [4.78, 5) is 23.4. The molecule has 140 valence electrons. The molecule has 25 heavy (non-hydrogen) atoms. The van der Waals surface area contributed by atoms with Crippen molar-refractivity contribution in [2.24, 2.45) is 5.92 Å². The van der Waals surface area contributed by atoms with Gasteiger partial charge in [0.15, 0.2) is 0 Å². The Kier molecular flexibility index (Phi) is 8.21. The van der Waals surface area contributed by atoms with Crippen LogP contribution >= 0.6 is 12.4 Å². The molecule has 0 saturated carbocycles. The van der Waals surface area contributed by atoms with E-state index in [1.165, 1.54) is 13.0 Å². The van der Waals surface area contributed by atoms with Crippen molar-refractivity contribution in [3.05, 3.63) is 35.4 Å². The minimum Gasteiger partial charge on any atom is -0.391 e. The second-order valence-corrected chi connectivity index (χ2v) is 5.91. The van der Waals surface area contributed by atoms with Crippen LogP contribution in [0.3, 0.4) is 0 Å². The topological polar surface area (TPSA) is 90.5 Å². The second kappa shape index (κ2) is 9.65. The van der Waals surface area contributed by atoms with Crippen molar-refractivity contribution in [2.75, 3.05) is 19.6 Å². The Morgan fingerprint density at radius 1 is 1.36 bits per heavy atom. The molecule has 1 saturated heterocycles. The molecule has 0 radical (unpaired) electrons. The molecule has 3 atom stereocenters. The van der Waals surface area contributed by atoms with Crippen molar-refractivity contribution in [2.45, 2.75) is 25.5 Å². The molecule has 3 unspecified atom stereocenters. The van der Waals surface area contributed by atoms with E-state index in [4.69, 9.17) is 0 Å². The Hall–Kier alpha value is -1.77. The Morgan fingerprint density at radius 3 is 2.64 bits per heavy atom. The maximum absolute atomic E-state index is 13.9. The molecule has 4 N–H and O–H groups in total. The van der Waals surface area contributed by atoms with Gasteiger partial charge in [0.1, 0.15) is 11.6 Å². The summed E-state index contributed by atoms with van der Waals surface area (Å²) >= 11 is 0. The average molecular weight is 378 g/mol. The van der Waals surface area contributed by atoms with Crippen molar-refractivity contribution in [1.82, 2.24) is 16.0 Å². The van der Waals surface area contributed by atoms with Crippen LogP contribution in [0.2, 0.25) is 0 Å². The van der Waals surface area contributed by atoms with E-state index in [-0.39, 0.29) is 36.9 Å². The number of β-amino-alcohol motifs (C(OH)–C–C–N with tert-alkyl or cyclic N) is 1. The number of amides is 2. The third-order valence-electron chi connectivity index (χ3n) is 3.97. The maximum atomic E-state index is 13.9. The van der Waals surface area contributed by atoms with Crippen LogP contribution in [0.25, 0.3) is 0 Å². The van der Waals surface area contributed by atoms with Crippen LogP contribution in [0.15, 0.2) is 18.2 Å². The quantitative estimate of drug-likeness (QED) is 0.586. The normalized spacial score (nSPS) is 20.5. The van der Waals surface area contributed by atoms with Crippen LogP contribution in [0.4, 0.5) is 8.78 Å². The Labute approximate surface area is 150 Å². The third-order valence-corrected chi connectivity index (χ3v) is 3.97. The molecule has 1 aromatic rings. The van der Waals surface area contributed by atoms with Crippen LogP contribution in [0.5, 0.6) is 0 Å². The SMILES string of the molecule is CC(=O)NC(CC(=O)NCC1CNCC1O)c1ccc(F)cc1F.Cl. The molecule has 0 aliphatic carbocycles. The van der Waals surface area contributed by atoms with Crippen LogP contribution in [-0.4, -0.2) is 42.7 Å². The monoisotopic (exact) mass is 377 g/mol. The number of rotatable bonds is 6. The van der Waals surface area contributed by atoms with E-state index in [2.05, 4.69) is 16.0 Å². The number of benzene rings is 1. The summed E-state index contributed by atoms with van der Waals surface area (Å²) < 4.78 is 26.9. The first-order valence-electron chi connectivity index (χ1n) is 7.74. The predicted octanol–water partition coefficient (Wildman–Crippen LogP) is 0.650. The van der Waals surface area contributed by atoms with E-state index in [9.17, 15) is 23.5 Å². The summed E-state index contributed by atoms with van der Waals surface area (Å²) in [7, 11) is 0. The van der Waals surface area contributed by atoms with Gasteiger partial charge in [-0.25, -0.2) is 8.78 Å². The molecule has 1 heterocycles. The van der Waals surface area contributed by atoms with E-state index < -0.39 is 35.6 Å². The molecule has 0 bridgehead atoms. The molecule has 1 aromatic carbocycles. The highest BCUT2D eigenvalue weighted by Gasteiger charge is 2.26. The zero-order valence-corrected chi connectivity index (χ0v) is 14.5. The molecule has 1 aliphatic rings. The number of hydrogen-bond acceptors (Lipinski definition) is 4. The van der Waals surface area contributed by atoms with Gasteiger partial charge in [0, 0.05) is 44.1 Å². The molecule has 0 spiro atoms. The fourth-order valence-electron chi connectivity index (χ4n) is 2.70. The number of carbonyl (C=O) groups is 2. The lowest BCUT2D eigenvalue weighted by atomic mass is 10.0. The second-order valence-electron chi connectivity index (χ2n) is 5.91. The van der Waals surface area contributed by atoms with Gasteiger partial charge in [-0.3, -0.25) is 9.59 Å². The molecule has 9 heteroatoms. The predicted molar refractivity (Wildman–Crippen MR) is 90.2 cm³/mol. The highest BCUT2D eigenvalue weighted by molar-refractivity contribution is 5.85. The van der Waals surface area contributed by atoms with Crippen molar-refractivity contribution in [3.8, 4) is 0 Å². The molecular formula is C16H22ClF2N3O3. The minimum absolute atomic E-state index is 0. The van der Waals surface area contributed by atoms with Crippen LogP contribution in [-0.2, 0) is 9.59 Å². The zero-order valence-electron chi connectivity index (χ0n) is 13.7. The highest BCUT2D eigenvalue weighted by atomic mass is 35.5. The number of carbonyl (C=O) groups excluding carboxylic acids is 2. The van der Waals surface area contributed by atoms with Gasteiger partial charge in [-0.1, -0.05) is 6.07 Å². The average Bonchev–Trinajstić information content (AvgIpc) is 2.89. The number of aliphatic hydroxyl groups excluding tert-OH is 1. The Bertz CT molecular complexity index is 618. The van der Waals surface area contributed by atoms with Gasteiger partial charge in [0.05, 0.1) is 18.6 Å². The van der Waals surface area contributed by atoms with E-state index in [0.29, 0.717) is 19.2 Å². The van der Waals surface area contributed by atoms with Crippen molar-refractivity contribution in [1.29, 1.82) is 0 Å². The number of halogens is 3. The summed E-state index contributed by atoms with van der Waals surface area (Å²) in [5.41, 5.74) is 0.0457. The Balaban J connectivity index is 0.00000312. The van der Waals surface area contributed by atoms with Gasteiger partial charge in [0.2, 0.25) is 11.8 Å². The smallest absolute Gasteiger partial charge is 0.222 e. The zero-order chi connectivity index (χ0) is 17.7. The summed E-state index contributed by atoms with van der Waals surface area (Å²) in [5.74, 6) is -2.46. The molecule has 0 aromatic heterocycles. The summed E-state index contributed by atoms with van der Waals surface area (Å²) in [6, 6.07) is 2.10.